The maximum atomic E-state index is 12.2. The smallest absolute Gasteiger partial charge is 0.253 e. The van der Waals surface area contributed by atoms with E-state index >= 15 is 0 Å². The Morgan fingerprint density at radius 3 is 2.39 bits per heavy atom. The highest BCUT2D eigenvalue weighted by Gasteiger charge is 2.31. The molecule has 18 heavy (non-hydrogen) atoms. The van der Waals surface area contributed by atoms with E-state index in [1.54, 1.807) is 11.9 Å². The Hall–Kier alpha value is -1.35. The average Bonchev–Trinajstić information content (AvgIpc) is 3.10. The van der Waals surface area contributed by atoms with Gasteiger partial charge in [-0.05, 0) is 44.7 Å². The zero-order valence-corrected chi connectivity index (χ0v) is 11.3. The number of benzene rings is 1. The largest absolute Gasteiger partial charge is 0.391 e. The lowest BCUT2D eigenvalue weighted by molar-refractivity contribution is 0.0645. The minimum Gasteiger partial charge on any atom is -0.391 e. The summed E-state index contributed by atoms with van der Waals surface area (Å²) in [5.41, 5.74) is 2.89. The lowest BCUT2D eigenvalue weighted by atomic mass is 10.1. The third kappa shape index (κ3) is 3.10. The van der Waals surface area contributed by atoms with Gasteiger partial charge >= 0.3 is 0 Å². The number of carbonyl (C=O) groups is 1. The number of amides is 1. The van der Waals surface area contributed by atoms with Gasteiger partial charge in [0.1, 0.15) is 0 Å². The first kappa shape index (κ1) is 13.1. The van der Waals surface area contributed by atoms with E-state index in [0.717, 1.165) is 24.0 Å². The first-order chi connectivity index (χ1) is 8.47. The van der Waals surface area contributed by atoms with Crippen LogP contribution in [0.1, 0.15) is 34.3 Å². The van der Waals surface area contributed by atoms with Crippen molar-refractivity contribution in [1.82, 2.24) is 4.90 Å². The maximum absolute atomic E-state index is 12.2. The van der Waals surface area contributed by atoms with Crippen LogP contribution in [0.4, 0.5) is 0 Å². The predicted molar refractivity (Wildman–Crippen MR) is 71.6 cm³/mol. The molecule has 1 aliphatic rings. The topological polar surface area (TPSA) is 40.5 Å². The molecule has 0 aliphatic heterocycles. The van der Waals surface area contributed by atoms with Crippen LogP contribution in [0, 0.1) is 19.8 Å². The number of nitrogens with zero attached hydrogens (tertiary/aromatic N) is 1. The third-order valence-electron chi connectivity index (χ3n) is 3.44. The van der Waals surface area contributed by atoms with E-state index in [1.165, 1.54) is 0 Å². The van der Waals surface area contributed by atoms with Gasteiger partial charge in [0, 0.05) is 19.2 Å². The molecule has 1 aliphatic carbocycles. The van der Waals surface area contributed by atoms with Crippen molar-refractivity contribution in [1.29, 1.82) is 0 Å². The molecule has 3 nitrogen and oxygen atoms in total. The Balaban J connectivity index is 2.04. The maximum Gasteiger partial charge on any atom is 0.253 e. The van der Waals surface area contributed by atoms with Gasteiger partial charge in [0.2, 0.25) is 0 Å². The fraction of sp³-hybridized carbons (Fsp3) is 0.533. The van der Waals surface area contributed by atoms with Crippen molar-refractivity contribution in [2.75, 3.05) is 13.6 Å². The molecule has 2 rings (SSSR count). The van der Waals surface area contributed by atoms with Crippen LogP contribution in [-0.4, -0.2) is 35.6 Å². The molecule has 1 amide bonds. The zero-order valence-electron chi connectivity index (χ0n) is 11.3. The first-order valence-corrected chi connectivity index (χ1v) is 6.49. The van der Waals surface area contributed by atoms with Crippen molar-refractivity contribution in [3.63, 3.8) is 0 Å². The zero-order chi connectivity index (χ0) is 13.3. The Bertz CT molecular complexity index is 432. The van der Waals surface area contributed by atoms with E-state index in [1.807, 2.05) is 26.0 Å². The monoisotopic (exact) mass is 247 g/mol. The molecule has 0 spiro atoms. The summed E-state index contributed by atoms with van der Waals surface area (Å²) in [6.45, 7) is 4.40. The normalized spacial score (nSPS) is 16.4. The molecule has 0 aromatic heterocycles. The number of hydrogen-bond donors (Lipinski definition) is 1. The molecule has 0 bridgehead atoms. The second kappa shape index (κ2) is 5.11. The summed E-state index contributed by atoms with van der Waals surface area (Å²) in [4.78, 5) is 13.9. The predicted octanol–water partition coefficient (Wildman–Crippen LogP) is 2.15. The second-order valence-electron chi connectivity index (χ2n) is 5.47. The summed E-state index contributed by atoms with van der Waals surface area (Å²) < 4.78 is 0. The second-order valence-corrected chi connectivity index (χ2v) is 5.47. The highest BCUT2D eigenvalue weighted by molar-refractivity contribution is 5.94. The van der Waals surface area contributed by atoms with E-state index in [-0.39, 0.29) is 12.0 Å². The highest BCUT2D eigenvalue weighted by atomic mass is 16.3. The molecular weight excluding hydrogens is 226 g/mol. The molecule has 0 heterocycles. The fourth-order valence-corrected chi connectivity index (χ4v) is 2.31. The molecule has 0 unspecified atom stereocenters. The van der Waals surface area contributed by atoms with E-state index in [9.17, 15) is 9.90 Å². The highest BCUT2D eigenvalue weighted by Crippen LogP contribution is 2.32. The summed E-state index contributed by atoms with van der Waals surface area (Å²) in [5.74, 6) is 0.390. The van der Waals surface area contributed by atoms with Crippen LogP contribution >= 0.6 is 0 Å². The molecule has 0 radical (unpaired) electrons. The minimum atomic E-state index is -0.371. The van der Waals surface area contributed by atoms with Crippen molar-refractivity contribution >= 4 is 5.91 Å². The lowest BCUT2D eigenvalue weighted by Crippen LogP contribution is -2.35. The van der Waals surface area contributed by atoms with Crippen molar-refractivity contribution in [3.05, 3.63) is 34.9 Å². The molecule has 1 fully saturated rings. The standard InChI is InChI=1S/C15H21NO2/c1-10-6-11(2)8-13(7-10)15(18)16(3)9-14(17)12-4-5-12/h6-8,12,14,17H,4-5,9H2,1-3H3/t14-/m1/s1. The summed E-state index contributed by atoms with van der Waals surface area (Å²) in [6.07, 6.45) is 1.81. The number of aliphatic hydroxyl groups is 1. The van der Waals surface area contributed by atoms with E-state index in [4.69, 9.17) is 0 Å². The van der Waals surface area contributed by atoms with Crippen molar-refractivity contribution in [3.8, 4) is 0 Å². The van der Waals surface area contributed by atoms with Crippen LogP contribution in [0.2, 0.25) is 0 Å². The van der Waals surface area contributed by atoms with Crippen LogP contribution in [0.15, 0.2) is 18.2 Å². The van der Waals surface area contributed by atoms with Crippen LogP contribution < -0.4 is 0 Å². The fourth-order valence-electron chi connectivity index (χ4n) is 2.31. The molecule has 1 atom stereocenters. The minimum absolute atomic E-state index is 0.0125. The number of likely N-dealkylation sites (N-methyl/N-ethyl adjacent to an activating group) is 1. The summed E-state index contributed by atoms with van der Waals surface area (Å²) in [6, 6.07) is 5.85. The van der Waals surface area contributed by atoms with Crippen LogP contribution in [0.3, 0.4) is 0 Å². The van der Waals surface area contributed by atoms with Gasteiger partial charge in [-0.2, -0.15) is 0 Å². The third-order valence-corrected chi connectivity index (χ3v) is 3.44. The summed E-state index contributed by atoms with van der Waals surface area (Å²) in [5, 5.41) is 9.87. The van der Waals surface area contributed by atoms with E-state index < -0.39 is 0 Å². The van der Waals surface area contributed by atoms with Crippen LogP contribution in [0.25, 0.3) is 0 Å². The molecule has 0 saturated heterocycles. The van der Waals surface area contributed by atoms with Crippen LogP contribution in [0.5, 0.6) is 0 Å². The molecule has 1 N–H and O–H groups in total. The number of rotatable bonds is 4. The molecule has 3 heteroatoms. The molecular formula is C15H21NO2. The number of aryl methyl sites for hydroxylation is 2. The van der Waals surface area contributed by atoms with Crippen molar-refractivity contribution < 1.29 is 9.90 Å². The summed E-state index contributed by atoms with van der Waals surface area (Å²) in [7, 11) is 1.76. The first-order valence-electron chi connectivity index (χ1n) is 6.49. The van der Waals surface area contributed by atoms with E-state index in [0.29, 0.717) is 18.0 Å². The Morgan fingerprint density at radius 2 is 1.89 bits per heavy atom. The van der Waals surface area contributed by atoms with Gasteiger partial charge in [0.05, 0.1) is 6.10 Å². The average molecular weight is 247 g/mol. The molecule has 1 aromatic rings. The van der Waals surface area contributed by atoms with Gasteiger partial charge in [0.15, 0.2) is 0 Å². The Morgan fingerprint density at radius 1 is 1.33 bits per heavy atom. The SMILES string of the molecule is Cc1cc(C)cc(C(=O)N(C)C[C@@H](O)C2CC2)c1. The van der Waals surface area contributed by atoms with Crippen molar-refractivity contribution in [2.24, 2.45) is 5.92 Å². The van der Waals surface area contributed by atoms with Gasteiger partial charge in [0.25, 0.3) is 5.91 Å². The summed E-state index contributed by atoms with van der Waals surface area (Å²) >= 11 is 0. The number of carbonyl (C=O) groups excluding carboxylic acids is 1. The number of aliphatic hydroxyl groups excluding tert-OH is 1. The number of hydrogen-bond acceptors (Lipinski definition) is 2. The van der Waals surface area contributed by atoms with E-state index in [2.05, 4.69) is 6.07 Å². The van der Waals surface area contributed by atoms with Gasteiger partial charge in [-0.25, -0.2) is 0 Å². The quantitative estimate of drug-likeness (QED) is 0.885. The van der Waals surface area contributed by atoms with Gasteiger partial charge in [-0.3, -0.25) is 4.79 Å². The van der Waals surface area contributed by atoms with Crippen LogP contribution in [-0.2, 0) is 0 Å². The van der Waals surface area contributed by atoms with Crippen molar-refractivity contribution in [2.45, 2.75) is 32.8 Å². The molecule has 1 saturated carbocycles. The van der Waals surface area contributed by atoms with Gasteiger partial charge in [-0.1, -0.05) is 17.2 Å². The Kier molecular flexibility index (Phi) is 3.71. The van der Waals surface area contributed by atoms with Gasteiger partial charge in [-0.15, -0.1) is 0 Å². The van der Waals surface area contributed by atoms with Gasteiger partial charge < -0.3 is 10.0 Å². The Labute approximate surface area is 108 Å². The molecule has 98 valence electrons. The molecule has 1 aromatic carbocycles. The lowest BCUT2D eigenvalue weighted by Gasteiger charge is -2.21.